The normalized spacial score (nSPS) is 18.5. The van der Waals surface area contributed by atoms with Crippen LogP contribution in [-0.4, -0.2) is 6.04 Å². The molecule has 2 rings (SSSR count). The summed E-state index contributed by atoms with van der Waals surface area (Å²) in [6.07, 6.45) is 7.80. The minimum Gasteiger partial charge on any atom is -0.310 e. The molecule has 1 fully saturated rings. The summed E-state index contributed by atoms with van der Waals surface area (Å²) in [4.78, 5) is 0. The van der Waals surface area contributed by atoms with Crippen molar-refractivity contribution in [2.75, 3.05) is 0 Å². The standard InChI is InChI=1S/C16H23ClFN/c1-2-16(12-6-4-3-5-7-12)19-11-13-8-9-14(17)10-15(13)18/h8-10,12,16,19H,2-7,11H2,1H3. The Morgan fingerprint density at radius 1 is 1.32 bits per heavy atom. The van der Waals surface area contributed by atoms with Crippen LogP contribution in [0.1, 0.15) is 51.0 Å². The number of hydrogen-bond donors (Lipinski definition) is 1. The van der Waals surface area contributed by atoms with Gasteiger partial charge in [0, 0.05) is 23.2 Å². The molecule has 0 amide bonds. The average Bonchev–Trinajstić information content (AvgIpc) is 2.43. The van der Waals surface area contributed by atoms with Crippen molar-refractivity contribution in [1.82, 2.24) is 5.32 Å². The van der Waals surface area contributed by atoms with Crippen LogP contribution >= 0.6 is 11.6 Å². The van der Waals surface area contributed by atoms with E-state index in [1.807, 2.05) is 0 Å². The lowest BCUT2D eigenvalue weighted by molar-refractivity contribution is 0.261. The molecule has 1 nitrogen and oxygen atoms in total. The summed E-state index contributed by atoms with van der Waals surface area (Å²) in [5.41, 5.74) is 0.707. The van der Waals surface area contributed by atoms with Gasteiger partial charge in [-0.1, -0.05) is 43.9 Å². The molecule has 1 aliphatic rings. The molecule has 106 valence electrons. The maximum atomic E-state index is 13.7. The maximum absolute atomic E-state index is 13.7. The van der Waals surface area contributed by atoms with Gasteiger partial charge in [-0.2, -0.15) is 0 Å². The fourth-order valence-corrected chi connectivity index (χ4v) is 3.25. The maximum Gasteiger partial charge on any atom is 0.129 e. The first kappa shape index (κ1) is 14.8. The minimum atomic E-state index is -0.210. The molecule has 19 heavy (non-hydrogen) atoms. The Balaban J connectivity index is 1.91. The van der Waals surface area contributed by atoms with Crippen molar-refractivity contribution >= 4 is 11.6 Å². The molecule has 1 aromatic carbocycles. The van der Waals surface area contributed by atoms with Crippen LogP contribution in [0.5, 0.6) is 0 Å². The SMILES string of the molecule is CCC(NCc1ccc(Cl)cc1F)C1CCCCC1. The topological polar surface area (TPSA) is 12.0 Å². The van der Waals surface area contributed by atoms with Gasteiger partial charge in [0.25, 0.3) is 0 Å². The molecular formula is C16H23ClFN. The number of nitrogens with one attached hydrogen (secondary N) is 1. The van der Waals surface area contributed by atoms with E-state index in [2.05, 4.69) is 12.2 Å². The Labute approximate surface area is 120 Å². The second kappa shape index (κ2) is 7.25. The third-order valence-electron chi connectivity index (χ3n) is 4.23. The van der Waals surface area contributed by atoms with E-state index in [0.717, 1.165) is 12.3 Å². The first-order valence-electron chi connectivity index (χ1n) is 7.38. The predicted molar refractivity (Wildman–Crippen MR) is 78.9 cm³/mol. The van der Waals surface area contributed by atoms with Gasteiger partial charge in [0.1, 0.15) is 5.82 Å². The smallest absolute Gasteiger partial charge is 0.129 e. The van der Waals surface area contributed by atoms with Gasteiger partial charge in [-0.15, -0.1) is 0 Å². The molecule has 1 atom stereocenters. The Kier molecular flexibility index (Phi) is 5.65. The average molecular weight is 284 g/mol. The molecule has 0 aromatic heterocycles. The Morgan fingerprint density at radius 2 is 2.05 bits per heavy atom. The molecule has 1 unspecified atom stereocenters. The summed E-state index contributed by atoms with van der Waals surface area (Å²) in [6, 6.07) is 5.43. The molecule has 0 saturated heterocycles. The lowest BCUT2D eigenvalue weighted by atomic mass is 9.83. The van der Waals surface area contributed by atoms with E-state index in [4.69, 9.17) is 11.6 Å². The van der Waals surface area contributed by atoms with Crippen LogP contribution < -0.4 is 5.32 Å². The van der Waals surface area contributed by atoms with Crippen LogP contribution in [0.15, 0.2) is 18.2 Å². The molecule has 0 aliphatic heterocycles. The van der Waals surface area contributed by atoms with E-state index in [9.17, 15) is 4.39 Å². The first-order valence-corrected chi connectivity index (χ1v) is 7.75. The Hall–Kier alpha value is -0.600. The Morgan fingerprint density at radius 3 is 2.68 bits per heavy atom. The zero-order valence-corrected chi connectivity index (χ0v) is 12.3. The third kappa shape index (κ3) is 4.19. The quantitative estimate of drug-likeness (QED) is 0.808. The van der Waals surface area contributed by atoms with Crippen LogP contribution in [0.25, 0.3) is 0 Å². The summed E-state index contributed by atoms with van der Waals surface area (Å²) in [7, 11) is 0. The zero-order valence-electron chi connectivity index (χ0n) is 11.6. The molecule has 0 bridgehead atoms. The van der Waals surface area contributed by atoms with Gasteiger partial charge >= 0.3 is 0 Å². The lowest BCUT2D eigenvalue weighted by Gasteiger charge is -2.30. The van der Waals surface area contributed by atoms with Gasteiger partial charge in [-0.25, -0.2) is 4.39 Å². The second-order valence-electron chi connectivity index (χ2n) is 5.53. The van der Waals surface area contributed by atoms with E-state index in [0.29, 0.717) is 23.2 Å². The highest BCUT2D eigenvalue weighted by molar-refractivity contribution is 6.30. The van der Waals surface area contributed by atoms with Gasteiger partial charge in [0.05, 0.1) is 0 Å². The van der Waals surface area contributed by atoms with Crippen molar-refractivity contribution in [3.05, 3.63) is 34.6 Å². The highest BCUT2D eigenvalue weighted by Gasteiger charge is 2.21. The van der Waals surface area contributed by atoms with Gasteiger partial charge in [-0.3, -0.25) is 0 Å². The van der Waals surface area contributed by atoms with Gasteiger partial charge < -0.3 is 5.32 Å². The first-order chi connectivity index (χ1) is 9.20. The van der Waals surface area contributed by atoms with Crippen LogP contribution in [0.3, 0.4) is 0 Å². The largest absolute Gasteiger partial charge is 0.310 e. The summed E-state index contributed by atoms with van der Waals surface area (Å²) in [6.45, 7) is 2.81. The van der Waals surface area contributed by atoms with Crippen molar-refractivity contribution < 1.29 is 4.39 Å². The highest BCUT2D eigenvalue weighted by Crippen LogP contribution is 2.28. The van der Waals surface area contributed by atoms with E-state index < -0.39 is 0 Å². The molecule has 1 N–H and O–H groups in total. The lowest BCUT2D eigenvalue weighted by Crippen LogP contribution is -2.36. The summed E-state index contributed by atoms with van der Waals surface area (Å²) < 4.78 is 13.7. The van der Waals surface area contributed by atoms with E-state index >= 15 is 0 Å². The molecule has 1 saturated carbocycles. The van der Waals surface area contributed by atoms with Crippen molar-refractivity contribution in [2.24, 2.45) is 5.92 Å². The fourth-order valence-electron chi connectivity index (χ4n) is 3.09. The van der Waals surface area contributed by atoms with E-state index in [1.54, 1.807) is 12.1 Å². The van der Waals surface area contributed by atoms with Crippen LogP contribution in [0, 0.1) is 11.7 Å². The summed E-state index contributed by atoms with van der Waals surface area (Å²) in [5, 5.41) is 3.99. The van der Waals surface area contributed by atoms with Gasteiger partial charge in [-0.05, 0) is 37.3 Å². The van der Waals surface area contributed by atoms with Crippen molar-refractivity contribution in [2.45, 2.75) is 58.0 Å². The molecule has 0 spiro atoms. The predicted octanol–water partition coefficient (Wildman–Crippen LogP) is 4.93. The van der Waals surface area contributed by atoms with Crippen LogP contribution in [-0.2, 0) is 6.54 Å². The second-order valence-corrected chi connectivity index (χ2v) is 5.97. The number of rotatable bonds is 5. The van der Waals surface area contributed by atoms with Crippen molar-refractivity contribution in [3.63, 3.8) is 0 Å². The summed E-state index contributed by atoms with van der Waals surface area (Å²) in [5.74, 6) is 0.549. The highest BCUT2D eigenvalue weighted by atomic mass is 35.5. The summed E-state index contributed by atoms with van der Waals surface area (Å²) >= 11 is 5.77. The molecule has 3 heteroatoms. The minimum absolute atomic E-state index is 0.210. The molecular weight excluding hydrogens is 261 g/mol. The number of halogens is 2. The van der Waals surface area contributed by atoms with E-state index in [1.165, 1.54) is 38.2 Å². The van der Waals surface area contributed by atoms with Crippen LogP contribution in [0.4, 0.5) is 4.39 Å². The zero-order chi connectivity index (χ0) is 13.7. The fraction of sp³-hybridized carbons (Fsp3) is 0.625. The van der Waals surface area contributed by atoms with Crippen molar-refractivity contribution in [1.29, 1.82) is 0 Å². The Bertz CT molecular complexity index is 402. The number of benzene rings is 1. The van der Waals surface area contributed by atoms with Gasteiger partial charge in [0.2, 0.25) is 0 Å². The van der Waals surface area contributed by atoms with Crippen LogP contribution in [0.2, 0.25) is 5.02 Å². The molecule has 1 aromatic rings. The number of hydrogen-bond acceptors (Lipinski definition) is 1. The van der Waals surface area contributed by atoms with Gasteiger partial charge in [0.15, 0.2) is 0 Å². The van der Waals surface area contributed by atoms with E-state index in [-0.39, 0.29) is 5.82 Å². The molecule has 0 radical (unpaired) electrons. The third-order valence-corrected chi connectivity index (χ3v) is 4.46. The van der Waals surface area contributed by atoms with Crippen molar-refractivity contribution in [3.8, 4) is 0 Å². The molecule has 1 aliphatic carbocycles. The molecule has 0 heterocycles. The monoisotopic (exact) mass is 283 g/mol.